The lowest BCUT2D eigenvalue weighted by Crippen LogP contribution is -2.14. The van der Waals surface area contributed by atoms with Crippen molar-refractivity contribution in [1.29, 1.82) is 0 Å². The minimum atomic E-state index is -0.414. The van der Waals surface area contributed by atoms with Gasteiger partial charge in [0.1, 0.15) is 11.6 Å². The van der Waals surface area contributed by atoms with Crippen LogP contribution < -0.4 is 4.90 Å². The van der Waals surface area contributed by atoms with E-state index >= 15 is 4.39 Å². The molecule has 0 atom stereocenters. The van der Waals surface area contributed by atoms with Crippen molar-refractivity contribution in [2.24, 2.45) is 0 Å². The molecule has 3 heteroatoms. The van der Waals surface area contributed by atoms with Gasteiger partial charge in [-0.1, -0.05) is 97.1 Å². The standard InChI is InChI=1S/C35H25F2N/c1-38(34-17-8-7-16-32(34)36)35-31(22-30(23-33(35)37)24-10-3-2-4-11-24)29-15-9-14-27(21-29)28-19-18-25-12-5-6-13-26(25)20-28/h2-23H,1H3. The van der Waals surface area contributed by atoms with Gasteiger partial charge < -0.3 is 4.90 Å². The van der Waals surface area contributed by atoms with Gasteiger partial charge in [0, 0.05) is 12.6 Å². The number of para-hydroxylation sites is 1. The lowest BCUT2D eigenvalue weighted by molar-refractivity contribution is 0.618. The number of hydrogen-bond donors (Lipinski definition) is 0. The van der Waals surface area contributed by atoms with Crippen LogP contribution in [0.3, 0.4) is 0 Å². The molecule has 0 aromatic heterocycles. The van der Waals surface area contributed by atoms with Gasteiger partial charge in [-0.15, -0.1) is 0 Å². The van der Waals surface area contributed by atoms with Crippen LogP contribution in [0.2, 0.25) is 0 Å². The average Bonchev–Trinajstić information content (AvgIpc) is 2.97. The van der Waals surface area contributed by atoms with Crippen LogP contribution in [0.15, 0.2) is 133 Å². The van der Waals surface area contributed by atoms with E-state index in [2.05, 4.69) is 42.5 Å². The number of halogens is 2. The Morgan fingerprint density at radius 3 is 1.92 bits per heavy atom. The lowest BCUT2D eigenvalue weighted by atomic mass is 9.93. The van der Waals surface area contributed by atoms with Crippen LogP contribution in [0.4, 0.5) is 20.2 Å². The molecule has 0 fully saturated rings. The first-order valence-corrected chi connectivity index (χ1v) is 12.6. The molecule has 0 saturated carbocycles. The summed E-state index contributed by atoms with van der Waals surface area (Å²) < 4.78 is 30.8. The molecule has 0 aliphatic rings. The minimum Gasteiger partial charge on any atom is -0.339 e. The fraction of sp³-hybridized carbons (Fsp3) is 0.0286. The van der Waals surface area contributed by atoms with E-state index in [1.54, 1.807) is 30.1 Å². The van der Waals surface area contributed by atoms with E-state index in [0.29, 0.717) is 16.9 Å². The predicted molar refractivity (Wildman–Crippen MR) is 155 cm³/mol. The summed E-state index contributed by atoms with van der Waals surface area (Å²) in [4.78, 5) is 1.59. The Morgan fingerprint density at radius 1 is 0.447 bits per heavy atom. The summed E-state index contributed by atoms with van der Waals surface area (Å²) in [5, 5.41) is 2.34. The number of nitrogens with zero attached hydrogens (tertiary/aromatic N) is 1. The van der Waals surface area contributed by atoms with Gasteiger partial charge in [0.15, 0.2) is 0 Å². The van der Waals surface area contributed by atoms with Crippen LogP contribution in [-0.4, -0.2) is 7.05 Å². The first-order chi connectivity index (χ1) is 18.6. The second-order valence-corrected chi connectivity index (χ2v) is 9.37. The Labute approximate surface area is 221 Å². The van der Waals surface area contributed by atoms with Crippen molar-refractivity contribution < 1.29 is 8.78 Å². The molecule has 0 spiro atoms. The van der Waals surface area contributed by atoms with Crippen LogP contribution in [0.1, 0.15) is 0 Å². The number of anilines is 2. The van der Waals surface area contributed by atoms with Crippen molar-refractivity contribution in [2.75, 3.05) is 11.9 Å². The highest BCUT2D eigenvalue weighted by Gasteiger charge is 2.20. The maximum Gasteiger partial charge on any atom is 0.148 e. The molecule has 184 valence electrons. The van der Waals surface area contributed by atoms with Crippen LogP contribution >= 0.6 is 0 Å². The predicted octanol–water partition coefficient (Wildman–Crippen LogP) is 9.89. The molecule has 0 aliphatic carbocycles. The van der Waals surface area contributed by atoms with Gasteiger partial charge in [-0.25, -0.2) is 8.78 Å². The van der Waals surface area contributed by atoms with Gasteiger partial charge in [-0.2, -0.15) is 0 Å². The van der Waals surface area contributed by atoms with Crippen molar-refractivity contribution in [2.45, 2.75) is 0 Å². The average molecular weight is 498 g/mol. The third-order valence-electron chi connectivity index (χ3n) is 6.98. The van der Waals surface area contributed by atoms with Crippen LogP contribution in [0, 0.1) is 11.6 Å². The van der Waals surface area contributed by atoms with Gasteiger partial charge in [0.2, 0.25) is 0 Å². The molecule has 6 rings (SSSR count). The van der Waals surface area contributed by atoms with E-state index in [1.807, 2.05) is 60.7 Å². The second kappa shape index (κ2) is 9.95. The first-order valence-electron chi connectivity index (χ1n) is 12.6. The fourth-order valence-electron chi connectivity index (χ4n) is 5.04. The Morgan fingerprint density at radius 2 is 1.11 bits per heavy atom. The minimum absolute atomic E-state index is 0.311. The van der Waals surface area contributed by atoms with Crippen molar-refractivity contribution >= 4 is 22.1 Å². The van der Waals surface area contributed by atoms with E-state index in [9.17, 15) is 4.39 Å². The van der Waals surface area contributed by atoms with E-state index in [-0.39, 0.29) is 0 Å². The van der Waals surface area contributed by atoms with E-state index in [4.69, 9.17) is 0 Å². The Balaban J connectivity index is 1.54. The smallest absolute Gasteiger partial charge is 0.148 e. The molecule has 0 N–H and O–H groups in total. The normalized spacial score (nSPS) is 11.0. The summed E-state index contributed by atoms with van der Waals surface area (Å²) >= 11 is 0. The number of fused-ring (bicyclic) bond motifs is 1. The highest BCUT2D eigenvalue weighted by Crippen LogP contribution is 2.41. The highest BCUT2D eigenvalue weighted by atomic mass is 19.1. The number of benzene rings is 6. The first kappa shape index (κ1) is 23.6. The van der Waals surface area contributed by atoms with E-state index < -0.39 is 11.6 Å². The topological polar surface area (TPSA) is 3.24 Å². The zero-order chi connectivity index (χ0) is 26.1. The quantitative estimate of drug-likeness (QED) is 0.229. The van der Waals surface area contributed by atoms with Gasteiger partial charge in [-0.05, 0) is 75.0 Å². The van der Waals surface area contributed by atoms with E-state index in [1.165, 1.54) is 17.5 Å². The molecular weight excluding hydrogens is 472 g/mol. The Kier molecular flexibility index (Phi) is 6.19. The summed E-state index contributed by atoms with van der Waals surface area (Å²) in [5.41, 5.74) is 5.96. The SMILES string of the molecule is CN(c1ccccc1F)c1c(F)cc(-c2ccccc2)cc1-c1cccc(-c2ccc3ccccc3c2)c1. The maximum atomic E-state index is 16.0. The molecule has 0 bridgehead atoms. The molecule has 0 aliphatic heterocycles. The second-order valence-electron chi connectivity index (χ2n) is 9.37. The Bertz CT molecular complexity index is 1760. The maximum absolute atomic E-state index is 16.0. The summed E-state index contributed by atoms with van der Waals surface area (Å²) in [6.45, 7) is 0. The number of hydrogen-bond acceptors (Lipinski definition) is 1. The summed E-state index contributed by atoms with van der Waals surface area (Å²) in [7, 11) is 1.70. The summed E-state index contributed by atoms with van der Waals surface area (Å²) in [6, 6.07) is 42.4. The molecular formula is C35H25F2N. The monoisotopic (exact) mass is 497 g/mol. The highest BCUT2D eigenvalue weighted by molar-refractivity contribution is 5.90. The summed E-state index contributed by atoms with van der Waals surface area (Å²) in [5.74, 6) is -0.819. The summed E-state index contributed by atoms with van der Waals surface area (Å²) in [6.07, 6.45) is 0. The molecule has 0 heterocycles. The largest absolute Gasteiger partial charge is 0.339 e. The zero-order valence-corrected chi connectivity index (χ0v) is 20.9. The van der Waals surface area contributed by atoms with Gasteiger partial charge >= 0.3 is 0 Å². The van der Waals surface area contributed by atoms with Crippen molar-refractivity contribution in [3.63, 3.8) is 0 Å². The van der Waals surface area contributed by atoms with Crippen LogP contribution in [0.5, 0.6) is 0 Å². The fourth-order valence-corrected chi connectivity index (χ4v) is 5.04. The number of rotatable bonds is 5. The lowest BCUT2D eigenvalue weighted by Gasteiger charge is -2.25. The molecule has 0 saturated heterocycles. The van der Waals surface area contributed by atoms with Crippen LogP contribution in [-0.2, 0) is 0 Å². The van der Waals surface area contributed by atoms with E-state index in [0.717, 1.165) is 33.2 Å². The van der Waals surface area contributed by atoms with Gasteiger partial charge in [0.05, 0.1) is 11.4 Å². The van der Waals surface area contributed by atoms with Crippen molar-refractivity contribution in [1.82, 2.24) is 0 Å². The Hall–Kier alpha value is -4.76. The molecule has 1 nitrogen and oxygen atoms in total. The zero-order valence-electron chi connectivity index (χ0n) is 20.9. The molecule has 0 unspecified atom stereocenters. The van der Waals surface area contributed by atoms with Crippen LogP contribution in [0.25, 0.3) is 44.2 Å². The molecule has 38 heavy (non-hydrogen) atoms. The van der Waals surface area contributed by atoms with Gasteiger partial charge in [-0.3, -0.25) is 0 Å². The van der Waals surface area contributed by atoms with Crippen molar-refractivity contribution in [3.05, 3.63) is 145 Å². The van der Waals surface area contributed by atoms with Crippen molar-refractivity contribution in [3.8, 4) is 33.4 Å². The third-order valence-corrected chi connectivity index (χ3v) is 6.98. The molecule has 6 aromatic rings. The molecule has 6 aromatic carbocycles. The molecule has 0 radical (unpaired) electrons. The van der Waals surface area contributed by atoms with Gasteiger partial charge in [0.25, 0.3) is 0 Å². The third kappa shape index (κ3) is 4.44. The molecule has 0 amide bonds.